The molecule has 0 aliphatic rings. The first-order valence-electron chi connectivity index (χ1n) is 19.5. The van der Waals surface area contributed by atoms with Crippen LogP contribution in [0.4, 0.5) is 17.1 Å². The maximum absolute atomic E-state index is 2.43. The van der Waals surface area contributed by atoms with Crippen LogP contribution in [0.15, 0.2) is 224 Å². The van der Waals surface area contributed by atoms with Crippen molar-refractivity contribution in [3.63, 3.8) is 0 Å². The predicted molar refractivity (Wildman–Crippen MR) is 241 cm³/mol. The molecule has 0 N–H and O–H groups in total. The Morgan fingerprint density at radius 1 is 0.316 bits per heavy atom. The smallest absolute Gasteiger partial charge is 0.0702 e. The number of hydrogen-bond acceptors (Lipinski definition) is 1. The molecule has 0 spiro atoms. The largest absolute Gasteiger partial charge is 0.309 e. The van der Waals surface area contributed by atoms with E-state index in [1.165, 1.54) is 60.3 Å². The SMILES string of the molecule is c1ccc(-c2ccc(N(c3ccc4c5c(-c6ccccc6)cccc5n(-c5ccccc5)c4c3)c3ccccc3-n3c4ccccc4c4ccccc43)cc2)cc1. The van der Waals surface area contributed by atoms with Gasteiger partial charge in [-0.1, -0.05) is 158 Å². The lowest BCUT2D eigenvalue weighted by Gasteiger charge is -2.29. The van der Waals surface area contributed by atoms with Crippen LogP contribution in [0.3, 0.4) is 0 Å². The minimum absolute atomic E-state index is 1.07. The molecule has 0 atom stereocenters. The number of rotatable bonds is 7. The second-order valence-corrected chi connectivity index (χ2v) is 14.5. The summed E-state index contributed by atoms with van der Waals surface area (Å²) >= 11 is 0. The Balaban J connectivity index is 1.19. The third kappa shape index (κ3) is 5.43. The van der Waals surface area contributed by atoms with Gasteiger partial charge in [0.1, 0.15) is 0 Å². The number of nitrogens with zero attached hydrogens (tertiary/aromatic N) is 3. The van der Waals surface area contributed by atoms with Crippen molar-refractivity contribution >= 4 is 60.7 Å². The van der Waals surface area contributed by atoms with Crippen molar-refractivity contribution in [2.24, 2.45) is 0 Å². The van der Waals surface area contributed by atoms with Gasteiger partial charge in [-0.05, 0) is 89.0 Å². The minimum Gasteiger partial charge on any atom is -0.309 e. The summed E-state index contributed by atoms with van der Waals surface area (Å²) in [5, 5.41) is 4.94. The number of hydrogen-bond donors (Lipinski definition) is 0. The predicted octanol–water partition coefficient (Wildman–Crippen LogP) is 14.7. The summed E-state index contributed by atoms with van der Waals surface area (Å²) in [5.41, 5.74) is 15.0. The molecule has 0 radical (unpaired) electrons. The molecular weight excluding hydrogens is 691 g/mol. The molecule has 0 amide bonds. The fourth-order valence-electron chi connectivity index (χ4n) is 8.79. The van der Waals surface area contributed by atoms with Gasteiger partial charge in [0.2, 0.25) is 0 Å². The molecule has 2 aromatic heterocycles. The van der Waals surface area contributed by atoms with E-state index in [2.05, 4.69) is 238 Å². The third-order valence-corrected chi connectivity index (χ3v) is 11.3. The number of aromatic nitrogens is 2. The van der Waals surface area contributed by atoms with Crippen LogP contribution in [0.25, 0.3) is 77.2 Å². The van der Waals surface area contributed by atoms with Crippen LogP contribution in [0, 0.1) is 0 Å². The molecule has 0 bridgehead atoms. The van der Waals surface area contributed by atoms with Crippen LogP contribution in [0.2, 0.25) is 0 Å². The number of benzene rings is 9. The van der Waals surface area contributed by atoms with Gasteiger partial charge in [0.05, 0.1) is 33.4 Å². The van der Waals surface area contributed by atoms with Gasteiger partial charge in [-0.3, -0.25) is 0 Å². The summed E-state index contributed by atoms with van der Waals surface area (Å²) in [7, 11) is 0. The van der Waals surface area contributed by atoms with E-state index in [4.69, 9.17) is 0 Å². The average Bonchev–Trinajstić information content (AvgIpc) is 3.80. The molecule has 0 unspecified atom stereocenters. The first-order valence-corrected chi connectivity index (χ1v) is 19.5. The molecule has 11 rings (SSSR count). The van der Waals surface area contributed by atoms with Crippen molar-refractivity contribution in [1.29, 1.82) is 0 Å². The second kappa shape index (κ2) is 13.6. The van der Waals surface area contributed by atoms with Crippen molar-refractivity contribution in [2.75, 3.05) is 4.90 Å². The van der Waals surface area contributed by atoms with E-state index >= 15 is 0 Å². The standard InChI is InChI=1S/C54H37N3/c1-4-17-38(18-5-1)39-31-33-42(34-32-39)55(50-28-14-15-29-51(50)57-48-26-12-10-23-45(48)46-24-11-13-27-49(46)57)43-35-36-47-53(37-43)56(41-21-8-3-9-22-41)52-30-16-25-44(54(47)52)40-19-6-2-7-20-40/h1-37H. The van der Waals surface area contributed by atoms with Crippen LogP contribution in [0.1, 0.15) is 0 Å². The summed E-state index contributed by atoms with van der Waals surface area (Å²) in [6, 6.07) is 81.1. The first-order chi connectivity index (χ1) is 28.3. The molecule has 0 saturated carbocycles. The topological polar surface area (TPSA) is 13.1 Å². The highest BCUT2D eigenvalue weighted by atomic mass is 15.2. The first kappa shape index (κ1) is 32.8. The molecular formula is C54H37N3. The molecule has 268 valence electrons. The molecule has 3 heteroatoms. The summed E-state index contributed by atoms with van der Waals surface area (Å²) in [6.07, 6.45) is 0. The van der Waals surface area contributed by atoms with E-state index in [1.54, 1.807) is 0 Å². The molecule has 11 aromatic rings. The Bertz CT molecular complexity index is 3160. The van der Waals surface area contributed by atoms with Crippen LogP contribution in [-0.2, 0) is 0 Å². The summed E-state index contributed by atoms with van der Waals surface area (Å²) in [5.74, 6) is 0. The van der Waals surface area contributed by atoms with Crippen molar-refractivity contribution < 1.29 is 0 Å². The van der Waals surface area contributed by atoms with Gasteiger partial charge in [-0.2, -0.15) is 0 Å². The minimum atomic E-state index is 1.07. The van der Waals surface area contributed by atoms with Gasteiger partial charge in [-0.15, -0.1) is 0 Å². The van der Waals surface area contributed by atoms with Crippen LogP contribution in [0.5, 0.6) is 0 Å². The van der Waals surface area contributed by atoms with Crippen molar-refractivity contribution in [2.45, 2.75) is 0 Å². The molecule has 2 heterocycles. The van der Waals surface area contributed by atoms with E-state index in [1.807, 2.05) is 0 Å². The van der Waals surface area contributed by atoms with Crippen LogP contribution < -0.4 is 4.90 Å². The maximum Gasteiger partial charge on any atom is 0.0702 e. The lowest BCUT2D eigenvalue weighted by molar-refractivity contribution is 1.15. The van der Waals surface area contributed by atoms with E-state index in [-0.39, 0.29) is 0 Å². The lowest BCUT2D eigenvalue weighted by Crippen LogP contribution is -2.13. The molecule has 0 aliphatic carbocycles. The van der Waals surface area contributed by atoms with E-state index < -0.39 is 0 Å². The van der Waals surface area contributed by atoms with Gasteiger partial charge in [0, 0.05) is 38.6 Å². The Labute approximate surface area is 331 Å². The zero-order valence-electron chi connectivity index (χ0n) is 31.2. The highest BCUT2D eigenvalue weighted by molar-refractivity contribution is 6.16. The maximum atomic E-state index is 2.43. The fraction of sp³-hybridized carbons (Fsp3) is 0. The van der Waals surface area contributed by atoms with Gasteiger partial charge >= 0.3 is 0 Å². The van der Waals surface area contributed by atoms with Crippen LogP contribution in [-0.4, -0.2) is 9.13 Å². The van der Waals surface area contributed by atoms with Crippen LogP contribution >= 0.6 is 0 Å². The summed E-state index contributed by atoms with van der Waals surface area (Å²) in [4.78, 5) is 2.43. The Morgan fingerprint density at radius 2 is 0.860 bits per heavy atom. The van der Waals surface area contributed by atoms with Crippen molar-refractivity contribution in [3.8, 4) is 33.6 Å². The number of fused-ring (bicyclic) bond motifs is 6. The second-order valence-electron chi connectivity index (χ2n) is 14.5. The summed E-state index contributed by atoms with van der Waals surface area (Å²) < 4.78 is 4.85. The lowest BCUT2D eigenvalue weighted by atomic mass is 9.99. The molecule has 0 saturated heterocycles. The Kier molecular flexibility index (Phi) is 7.82. The highest BCUT2D eigenvalue weighted by Crippen LogP contribution is 2.45. The van der Waals surface area contributed by atoms with Gasteiger partial charge in [0.15, 0.2) is 0 Å². The van der Waals surface area contributed by atoms with E-state index in [0.717, 1.165) is 34.0 Å². The normalized spacial score (nSPS) is 11.5. The van der Waals surface area contributed by atoms with Gasteiger partial charge in [0.25, 0.3) is 0 Å². The highest BCUT2D eigenvalue weighted by Gasteiger charge is 2.23. The third-order valence-electron chi connectivity index (χ3n) is 11.3. The Hall–Kier alpha value is -7.62. The van der Waals surface area contributed by atoms with E-state index in [9.17, 15) is 0 Å². The molecule has 3 nitrogen and oxygen atoms in total. The van der Waals surface area contributed by atoms with Crippen molar-refractivity contribution in [3.05, 3.63) is 224 Å². The zero-order valence-corrected chi connectivity index (χ0v) is 31.2. The fourth-order valence-corrected chi connectivity index (χ4v) is 8.79. The molecule has 0 aliphatic heterocycles. The van der Waals surface area contributed by atoms with E-state index in [0.29, 0.717) is 0 Å². The molecule has 0 fully saturated rings. The average molecular weight is 728 g/mol. The monoisotopic (exact) mass is 727 g/mol. The Morgan fingerprint density at radius 3 is 1.56 bits per heavy atom. The number of anilines is 3. The molecule has 9 aromatic carbocycles. The van der Waals surface area contributed by atoms with Crippen molar-refractivity contribution in [1.82, 2.24) is 9.13 Å². The summed E-state index contributed by atoms with van der Waals surface area (Å²) in [6.45, 7) is 0. The number of para-hydroxylation sites is 5. The van der Waals surface area contributed by atoms with Gasteiger partial charge < -0.3 is 14.0 Å². The zero-order chi connectivity index (χ0) is 37.7. The molecule has 57 heavy (non-hydrogen) atoms. The quantitative estimate of drug-likeness (QED) is 0.159. The van der Waals surface area contributed by atoms with Gasteiger partial charge in [-0.25, -0.2) is 0 Å².